The Morgan fingerprint density at radius 1 is 1.29 bits per heavy atom. The summed E-state index contributed by atoms with van der Waals surface area (Å²) in [5, 5.41) is 3.69. The van der Waals surface area contributed by atoms with Crippen LogP contribution in [0.4, 0.5) is 0 Å². The van der Waals surface area contributed by atoms with Crippen LogP contribution in [0.15, 0.2) is 0 Å². The van der Waals surface area contributed by atoms with Crippen LogP contribution in [0.2, 0.25) is 0 Å². The van der Waals surface area contributed by atoms with Crippen LogP contribution in [-0.2, 0) is 0 Å². The summed E-state index contributed by atoms with van der Waals surface area (Å²) < 4.78 is 0.589. The van der Waals surface area contributed by atoms with Gasteiger partial charge in [0.15, 0.2) is 0 Å². The van der Waals surface area contributed by atoms with Gasteiger partial charge in [0.2, 0.25) is 0 Å². The molecule has 1 fully saturated rings. The molecular weight excluding hydrogens is 190 g/mol. The van der Waals surface area contributed by atoms with Crippen molar-refractivity contribution in [3.63, 3.8) is 0 Å². The first kappa shape index (κ1) is 12.4. The van der Waals surface area contributed by atoms with E-state index in [1.807, 2.05) is 0 Å². The van der Waals surface area contributed by atoms with E-state index >= 15 is 0 Å². The van der Waals surface area contributed by atoms with Crippen LogP contribution in [0.1, 0.15) is 46.5 Å². The fraction of sp³-hybridized carbons (Fsp3) is 1.00. The molecule has 0 radical (unpaired) electrons. The van der Waals surface area contributed by atoms with Crippen molar-refractivity contribution in [3.05, 3.63) is 0 Å². The predicted molar refractivity (Wildman–Crippen MR) is 67.0 cm³/mol. The van der Waals surface area contributed by atoms with Crippen molar-refractivity contribution in [3.8, 4) is 0 Å². The number of nitrogens with one attached hydrogen (secondary N) is 1. The second-order valence-corrected chi connectivity index (χ2v) is 6.43. The number of thioether (sulfide) groups is 1. The quantitative estimate of drug-likeness (QED) is 0.729. The van der Waals surface area contributed by atoms with Gasteiger partial charge in [0.1, 0.15) is 0 Å². The highest BCUT2D eigenvalue weighted by atomic mass is 32.2. The molecule has 1 aliphatic carbocycles. The van der Waals surface area contributed by atoms with E-state index in [2.05, 4.69) is 44.1 Å². The third kappa shape index (κ3) is 3.47. The first-order chi connectivity index (χ1) is 6.58. The van der Waals surface area contributed by atoms with Crippen LogP contribution in [-0.4, -0.2) is 23.6 Å². The van der Waals surface area contributed by atoms with Crippen molar-refractivity contribution >= 4 is 11.8 Å². The molecular formula is C12H25NS. The molecule has 14 heavy (non-hydrogen) atoms. The molecule has 0 spiro atoms. The minimum Gasteiger partial charge on any atom is -0.313 e. The molecule has 0 heterocycles. The standard InChI is InChI=1S/C12H25NS/c1-10(2)8-11(3)13-9-12(14-4)6-5-7-12/h10-11,13H,5-9H2,1-4H3. The van der Waals surface area contributed by atoms with E-state index in [9.17, 15) is 0 Å². The summed E-state index contributed by atoms with van der Waals surface area (Å²) in [5.74, 6) is 0.809. The topological polar surface area (TPSA) is 12.0 Å². The molecule has 1 saturated carbocycles. The van der Waals surface area contributed by atoms with Gasteiger partial charge in [-0.2, -0.15) is 11.8 Å². The Bertz CT molecular complexity index is 158. The molecule has 0 aliphatic heterocycles. The Morgan fingerprint density at radius 3 is 2.29 bits per heavy atom. The average Bonchev–Trinajstić information content (AvgIpc) is 2.01. The molecule has 1 nitrogen and oxygen atoms in total. The monoisotopic (exact) mass is 215 g/mol. The highest BCUT2D eigenvalue weighted by molar-refractivity contribution is 8.00. The lowest BCUT2D eigenvalue weighted by Crippen LogP contribution is -2.46. The van der Waals surface area contributed by atoms with Gasteiger partial charge in [0, 0.05) is 17.3 Å². The first-order valence-electron chi connectivity index (χ1n) is 5.86. The van der Waals surface area contributed by atoms with E-state index in [-0.39, 0.29) is 0 Å². The van der Waals surface area contributed by atoms with Gasteiger partial charge in [-0.3, -0.25) is 0 Å². The average molecular weight is 215 g/mol. The molecule has 0 saturated heterocycles. The van der Waals surface area contributed by atoms with Crippen molar-refractivity contribution in [1.82, 2.24) is 5.32 Å². The van der Waals surface area contributed by atoms with Crippen molar-refractivity contribution in [2.45, 2.75) is 57.2 Å². The summed E-state index contributed by atoms with van der Waals surface area (Å²) in [7, 11) is 0. The zero-order valence-corrected chi connectivity index (χ0v) is 10.9. The molecule has 1 N–H and O–H groups in total. The third-order valence-corrected chi connectivity index (χ3v) is 4.71. The van der Waals surface area contributed by atoms with Crippen molar-refractivity contribution in [2.24, 2.45) is 5.92 Å². The maximum absolute atomic E-state index is 3.69. The summed E-state index contributed by atoms with van der Waals surface area (Å²) in [6.45, 7) is 8.12. The van der Waals surface area contributed by atoms with Gasteiger partial charge in [0.05, 0.1) is 0 Å². The van der Waals surface area contributed by atoms with Gasteiger partial charge in [-0.1, -0.05) is 20.3 Å². The highest BCUT2D eigenvalue weighted by Gasteiger charge is 2.35. The Kier molecular flexibility index (Phi) is 4.78. The summed E-state index contributed by atoms with van der Waals surface area (Å²) in [4.78, 5) is 0. The number of hydrogen-bond acceptors (Lipinski definition) is 2. The second-order valence-electron chi connectivity index (χ2n) is 5.15. The Hall–Kier alpha value is 0.310. The molecule has 1 unspecified atom stereocenters. The van der Waals surface area contributed by atoms with Gasteiger partial charge in [-0.05, 0) is 38.4 Å². The van der Waals surface area contributed by atoms with E-state index in [1.165, 1.54) is 32.2 Å². The van der Waals surface area contributed by atoms with Gasteiger partial charge >= 0.3 is 0 Å². The lowest BCUT2D eigenvalue weighted by Gasteiger charge is -2.41. The Morgan fingerprint density at radius 2 is 1.93 bits per heavy atom. The fourth-order valence-corrected chi connectivity index (χ4v) is 3.10. The van der Waals surface area contributed by atoms with Crippen molar-refractivity contribution in [1.29, 1.82) is 0 Å². The summed E-state index contributed by atoms with van der Waals surface area (Å²) in [6, 6.07) is 0.680. The molecule has 1 aliphatic rings. The maximum atomic E-state index is 3.69. The van der Waals surface area contributed by atoms with Crippen LogP contribution in [0.3, 0.4) is 0 Å². The van der Waals surface area contributed by atoms with E-state index in [1.54, 1.807) is 0 Å². The van der Waals surface area contributed by atoms with Gasteiger partial charge in [-0.25, -0.2) is 0 Å². The Balaban J connectivity index is 2.18. The highest BCUT2D eigenvalue weighted by Crippen LogP contribution is 2.42. The first-order valence-corrected chi connectivity index (χ1v) is 7.09. The lowest BCUT2D eigenvalue weighted by atomic mass is 9.84. The Labute approximate surface area is 93.4 Å². The van der Waals surface area contributed by atoms with Crippen LogP contribution in [0.25, 0.3) is 0 Å². The van der Waals surface area contributed by atoms with Crippen LogP contribution in [0.5, 0.6) is 0 Å². The van der Waals surface area contributed by atoms with Gasteiger partial charge in [-0.15, -0.1) is 0 Å². The normalized spacial score (nSPS) is 22.1. The van der Waals surface area contributed by atoms with Gasteiger partial charge < -0.3 is 5.32 Å². The zero-order chi connectivity index (χ0) is 10.6. The molecule has 84 valence electrons. The third-order valence-electron chi connectivity index (χ3n) is 3.30. The second kappa shape index (κ2) is 5.41. The van der Waals surface area contributed by atoms with E-state index in [0.717, 1.165) is 5.92 Å². The zero-order valence-electron chi connectivity index (χ0n) is 10.1. The molecule has 0 amide bonds. The minimum atomic E-state index is 0.589. The van der Waals surface area contributed by atoms with Crippen molar-refractivity contribution in [2.75, 3.05) is 12.8 Å². The van der Waals surface area contributed by atoms with E-state index in [0.29, 0.717) is 10.8 Å². The van der Waals surface area contributed by atoms with Crippen LogP contribution >= 0.6 is 11.8 Å². The molecule has 0 aromatic rings. The molecule has 1 atom stereocenters. The largest absolute Gasteiger partial charge is 0.313 e. The summed E-state index contributed by atoms with van der Waals surface area (Å²) in [5.41, 5.74) is 0. The minimum absolute atomic E-state index is 0.589. The lowest BCUT2D eigenvalue weighted by molar-refractivity contribution is 0.322. The molecule has 0 bridgehead atoms. The predicted octanol–water partition coefficient (Wildman–Crippen LogP) is 3.30. The van der Waals surface area contributed by atoms with Crippen molar-refractivity contribution < 1.29 is 0 Å². The molecule has 0 aromatic heterocycles. The number of hydrogen-bond donors (Lipinski definition) is 1. The summed E-state index contributed by atoms with van der Waals surface area (Å²) >= 11 is 2.06. The SMILES string of the molecule is CSC1(CNC(C)CC(C)C)CCC1. The molecule has 1 rings (SSSR count). The molecule has 2 heteroatoms. The number of rotatable bonds is 6. The van der Waals surface area contributed by atoms with Crippen LogP contribution in [0, 0.1) is 5.92 Å². The van der Waals surface area contributed by atoms with E-state index < -0.39 is 0 Å². The molecule has 0 aromatic carbocycles. The van der Waals surface area contributed by atoms with E-state index in [4.69, 9.17) is 0 Å². The maximum Gasteiger partial charge on any atom is 0.0281 e. The van der Waals surface area contributed by atoms with Gasteiger partial charge in [0.25, 0.3) is 0 Å². The van der Waals surface area contributed by atoms with Crippen LogP contribution < -0.4 is 5.32 Å². The smallest absolute Gasteiger partial charge is 0.0281 e. The fourth-order valence-electron chi connectivity index (χ4n) is 2.17. The summed E-state index contributed by atoms with van der Waals surface area (Å²) in [6.07, 6.45) is 7.81.